The molecule has 0 N–H and O–H groups in total. The number of aromatic nitrogens is 2. The summed E-state index contributed by atoms with van der Waals surface area (Å²) in [6, 6.07) is 2.06. The van der Waals surface area contributed by atoms with Crippen LogP contribution in [0.2, 0.25) is 0 Å². The number of nitrogens with zero attached hydrogens (tertiary/aromatic N) is 2. The Kier molecular flexibility index (Phi) is 2.59. The summed E-state index contributed by atoms with van der Waals surface area (Å²) in [5.41, 5.74) is 2.04. The van der Waals surface area contributed by atoms with Crippen LogP contribution in [0, 0.1) is 10.5 Å². The van der Waals surface area contributed by atoms with Gasteiger partial charge in [0.05, 0.1) is 0 Å². The average Bonchev–Trinajstić information content (AvgIpc) is 2.32. The molecule has 68 valence electrons. The highest BCUT2D eigenvalue weighted by molar-refractivity contribution is 14.1. The molecule has 0 fully saturated rings. The van der Waals surface area contributed by atoms with E-state index < -0.39 is 0 Å². The van der Waals surface area contributed by atoms with Gasteiger partial charge in [-0.05, 0) is 51.5 Å². The maximum Gasteiger partial charge on any atom is 0.151 e. The fourth-order valence-electron chi connectivity index (χ4n) is 1.21. The first-order valence-corrected chi connectivity index (χ1v) is 5.89. The summed E-state index contributed by atoms with van der Waals surface area (Å²) in [6.45, 7) is 2.03. The first kappa shape index (κ1) is 9.79. The highest BCUT2D eigenvalue weighted by Gasteiger charge is 2.10. The number of halogens is 2. The van der Waals surface area contributed by atoms with E-state index in [1.54, 1.807) is 6.20 Å². The lowest BCUT2D eigenvalue weighted by Crippen LogP contribution is -1.85. The Morgan fingerprint density at radius 2 is 2.31 bits per heavy atom. The largest absolute Gasteiger partial charge is 0.274 e. The number of hydrogen-bond donors (Lipinski definition) is 1. The van der Waals surface area contributed by atoms with Crippen molar-refractivity contribution in [3.8, 4) is 0 Å². The van der Waals surface area contributed by atoms with Crippen molar-refractivity contribution in [1.29, 1.82) is 0 Å². The van der Waals surface area contributed by atoms with E-state index in [1.165, 1.54) is 3.57 Å². The van der Waals surface area contributed by atoms with E-state index >= 15 is 0 Å². The van der Waals surface area contributed by atoms with Gasteiger partial charge < -0.3 is 0 Å². The van der Waals surface area contributed by atoms with Crippen LogP contribution < -0.4 is 0 Å². The number of hydrogen-bond acceptors (Lipinski definition) is 2. The zero-order valence-corrected chi connectivity index (χ0v) is 11.4. The lowest BCUT2D eigenvalue weighted by atomic mass is 10.3. The van der Waals surface area contributed by atoms with Crippen LogP contribution in [0.4, 0.5) is 0 Å². The van der Waals surface area contributed by atoms with Crippen molar-refractivity contribution in [3.63, 3.8) is 0 Å². The molecule has 0 unspecified atom stereocenters. The predicted octanol–water partition coefficient (Wildman–Crippen LogP) is 3.40. The van der Waals surface area contributed by atoms with E-state index in [2.05, 4.69) is 62.4 Å². The van der Waals surface area contributed by atoms with Gasteiger partial charge in [-0.3, -0.25) is 3.97 Å². The van der Waals surface area contributed by atoms with Gasteiger partial charge in [0, 0.05) is 25.3 Å². The Balaban J connectivity index is 2.95. The predicted molar refractivity (Wildman–Crippen MR) is 69.3 cm³/mol. The van der Waals surface area contributed by atoms with Crippen molar-refractivity contribution >= 4 is 62.4 Å². The van der Waals surface area contributed by atoms with E-state index in [4.69, 9.17) is 0 Å². The lowest BCUT2D eigenvalue weighted by Gasteiger charge is -1.94. The fourth-order valence-corrected chi connectivity index (χ4v) is 2.63. The van der Waals surface area contributed by atoms with Crippen molar-refractivity contribution < 1.29 is 0 Å². The Morgan fingerprint density at radius 1 is 1.62 bits per heavy atom. The molecular formula is C8H6BrIN2S. The summed E-state index contributed by atoms with van der Waals surface area (Å²) in [7, 11) is 0. The normalized spacial score (nSPS) is 11.1. The highest BCUT2D eigenvalue weighted by atomic mass is 127. The van der Waals surface area contributed by atoms with E-state index in [-0.39, 0.29) is 0 Å². The molecule has 0 aliphatic carbocycles. The Hall–Kier alpha value is 0.250. The minimum atomic E-state index is 0.911. The SMILES string of the molecule is Cc1c(I)c2cc(Br)cnc2n1S. The summed E-state index contributed by atoms with van der Waals surface area (Å²) in [6.07, 6.45) is 1.78. The van der Waals surface area contributed by atoms with Crippen LogP contribution in [0.5, 0.6) is 0 Å². The molecular weight excluding hydrogens is 363 g/mol. The van der Waals surface area contributed by atoms with E-state index in [0.29, 0.717) is 0 Å². The number of rotatable bonds is 0. The van der Waals surface area contributed by atoms with Crippen molar-refractivity contribution in [1.82, 2.24) is 8.96 Å². The standard InChI is InChI=1S/C8H6BrIN2S/c1-4-7(10)6-2-5(9)3-11-8(6)12(4)13/h2-3,13H,1H3. The van der Waals surface area contributed by atoms with Gasteiger partial charge in [0.1, 0.15) is 0 Å². The van der Waals surface area contributed by atoms with Crippen molar-refractivity contribution in [2.24, 2.45) is 0 Å². The van der Waals surface area contributed by atoms with Crippen LogP contribution in [-0.2, 0) is 0 Å². The molecule has 2 nitrogen and oxygen atoms in total. The molecule has 0 saturated carbocycles. The average molecular weight is 369 g/mol. The third-order valence-electron chi connectivity index (χ3n) is 1.91. The van der Waals surface area contributed by atoms with E-state index in [9.17, 15) is 0 Å². The summed E-state index contributed by atoms with van der Waals surface area (Å²) in [5, 5.41) is 1.14. The topological polar surface area (TPSA) is 17.8 Å². The van der Waals surface area contributed by atoms with Gasteiger partial charge in [-0.1, -0.05) is 12.8 Å². The van der Waals surface area contributed by atoms with Gasteiger partial charge in [0.15, 0.2) is 5.65 Å². The number of fused-ring (bicyclic) bond motifs is 1. The summed E-state index contributed by atoms with van der Waals surface area (Å²) >= 11 is 10.1. The second kappa shape index (κ2) is 3.43. The zero-order valence-electron chi connectivity index (χ0n) is 6.75. The molecule has 0 aromatic carbocycles. The number of pyridine rings is 1. The first-order chi connectivity index (χ1) is 6.11. The smallest absolute Gasteiger partial charge is 0.151 e. The van der Waals surface area contributed by atoms with Crippen LogP contribution >= 0.6 is 51.3 Å². The minimum absolute atomic E-state index is 0.911. The highest BCUT2D eigenvalue weighted by Crippen LogP contribution is 2.28. The fraction of sp³-hybridized carbons (Fsp3) is 0.125. The molecule has 0 saturated heterocycles. The van der Waals surface area contributed by atoms with Crippen LogP contribution in [0.15, 0.2) is 16.7 Å². The van der Waals surface area contributed by atoms with Crippen molar-refractivity contribution in [2.45, 2.75) is 6.92 Å². The lowest BCUT2D eigenvalue weighted by molar-refractivity contribution is 1.18. The summed E-state index contributed by atoms with van der Waals surface area (Å²) in [5.74, 6) is 0. The van der Waals surface area contributed by atoms with Crippen molar-refractivity contribution in [3.05, 3.63) is 26.0 Å². The van der Waals surface area contributed by atoms with Crippen LogP contribution in [0.25, 0.3) is 11.0 Å². The molecule has 2 heterocycles. The van der Waals surface area contributed by atoms with Gasteiger partial charge in [-0.2, -0.15) is 0 Å². The zero-order chi connectivity index (χ0) is 9.59. The van der Waals surface area contributed by atoms with Gasteiger partial charge in [-0.15, -0.1) is 0 Å². The van der Waals surface area contributed by atoms with E-state index in [1.807, 2.05) is 10.9 Å². The molecule has 0 radical (unpaired) electrons. The quantitative estimate of drug-likeness (QED) is 0.557. The first-order valence-electron chi connectivity index (χ1n) is 3.62. The molecule has 0 aliphatic heterocycles. The Morgan fingerprint density at radius 3 is 3.00 bits per heavy atom. The summed E-state index contributed by atoms with van der Waals surface area (Å²) in [4.78, 5) is 4.30. The molecule has 0 bridgehead atoms. The monoisotopic (exact) mass is 368 g/mol. The summed E-state index contributed by atoms with van der Waals surface area (Å²) < 4.78 is 4.01. The second-order valence-corrected chi connectivity index (χ2v) is 5.13. The Bertz CT molecular complexity index is 480. The Labute approximate surface area is 104 Å². The van der Waals surface area contributed by atoms with Crippen LogP contribution in [0.1, 0.15) is 5.69 Å². The van der Waals surface area contributed by atoms with Gasteiger partial charge in [0.25, 0.3) is 0 Å². The van der Waals surface area contributed by atoms with E-state index in [0.717, 1.165) is 21.2 Å². The molecule has 0 amide bonds. The van der Waals surface area contributed by atoms with Crippen LogP contribution in [-0.4, -0.2) is 8.96 Å². The number of thiol groups is 1. The van der Waals surface area contributed by atoms with Gasteiger partial charge in [-0.25, -0.2) is 4.98 Å². The van der Waals surface area contributed by atoms with Crippen LogP contribution in [0.3, 0.4) is 0 Å². The molecule has 0 spiro atoms. The third kappa shape index (κ3) is 1.50. The third-order valence-corrected chi connectivity index (χ3v) is 4.19. The molecule has 0 atom stereocenters. The molecule has 2 aromatic heterocycles. The molecule has 13 heavy (non-hydrogen) atoms. The molecule has 5 heteroatoms. The van der Waals surface area contributed by atoms with Crippen molar-refractivity contribution in [2.75, 3.05) is 0 Å². The maximum atomic E-state index is 4.35. The molecule has 0 aliphatic rings. The molecule has 2 rings (SSSR count). The van der Waals surface area contributed by atoms with Gasteiger partial charge >= 0.3 is 0 Å². The minimum Gasteiger partial charge on any atom is -0.274 e. The second-order valence-electron chi connectivity index (χ2n) is 2.74. The maximum absolute atomic E-state index is 4.35. The molecule has 2 aromatic rings. The van der Waals surface area contributed by atoms with Gasteiger partial charge in [0.2, 0.25) is 0 Å².